The second kappa shape index (κ2) is 9.61. The molecule has 0 aliphatic rings. The van der Waals surface area contributed by atoms with Gasteiger partial charge in [-0.25, -0.2) is 9.59 Å². The van der Waals surface area contributed by atoms with E-state index in [4.69, 9.17) is 5.11 Å². The molecule has 0 aliphatic carbocycles. The molecule has 0 saturated carbocycles. The first-order valence-electron chi connectivity index (χ1n) is 6.93. The van der Waals surface area contributed by atoms with Crippen molar-refractivity contribution in [3.05, 3.63) is 0 Å². The van der Waals surface area contributed by atoms with Gasteiger partial charge < -0.3 is 20.2 Å². The van der Waals surface area contributed by atoms with Gasteiger partial charge in [0.25, 0.3) is 0 Å². The Labute approximate surface area is 115 Å². The molecule has 0 heterocycles. The number of urea groups is 1. The van der Waals surface area contributed by atoms with Crippen molar-refractivity contribution in [3.63, 3.8) is 0 Å². The summed E-state index contributed by atoms with van der Waals surface area (Å²) >= 11 is 0. The lowest BCUT2D eigenvalue weighted by Gasteiger charge is -2.25. The van der Waals surface area contributed by atoms with Crippen molar-refractivity contribution < 1.29 is 14.7 Å². The molecule has 0 radical (unpaired) electrons. The number of carboxylic acid groups (broad SMARTS) is 1. The maximum Gasteiger partial charge on any atom is 0.326 e. The summed E-state index contributed by atoms with van der Waals surface area (Å²) in [6.45, 7) is 9.24. The van der Waals surface area contributed by atoms with Crippen molar-refractivity contribution in [3.8, 4) is 0 Å². The highest BCUT2D eigenvalue weighted by molar-refractivity contribution is 5.82. The van der Waals surface area contributed by atoms with Crippen molar-refractivity contribution >= 4 is 12.0 Å². The van der Waals surface area contributed by atoms with E-state index in [2.05, 4.69) is 24.1 Å². The minimum absolute atomic E-state index is 0.332. The molecule has 112 valence electrons. The summed E-state index contributed by atoms with van der Waals surface area (Å²) in [7, 11) is 1.52. The average Bonchev–Trinajstić information content (AvgIpc) is 2.37. The molecule has 0 aromatic rings. The second-order valence-electron chi connectivity index (χ2n) is 4.54. The molecule has 2 amide bonds. The highest BCUT2D eigenvalue weighted by Crippen LogP contribution is 2.02. The van der Waals surface area contributed by atoms with Gasteiger partial charge in [-0.3, -0.25) is 0 Å². The minimum Gasteiger partial charge on any atom is -0.480 e. The summed E-state index contributed by atoms with van der Waals surface area (Å²) in [5, 5.41) is 11.7. The van der Waals surface area contributed by atoms with E-state index in [0.29, 0.717) is 13.0 Å². The summed E-state index contributed by atoms with van der Waals surface area (Å²) in [4.78, 5) is 26.3. The van der Waals surface area contributed by atoms with Gasteiger partial charge in [0, 0.05) is 20.1 Å². The van der Waals surface area contributed by atoms with Crippen LogP contribution in [0.2, 0.25) is 0 Å². The minimum atomic E-state index is -0.971. The molecule has 0 aromatic heterocycles. The van der Waals surface area contributed by atoms with Gasteiger partial charge in [0.2, 0.25) is 0 Å². The molecule has 0 bridgehead atoms. The van der Waals surface area contributed by atoms with Crippen LogP contribution < -0.4 is 5.32 Å². The van der Waals surface area contributed by atoms with Gasteiger partial charge >= 0.3 is 12.0 Å². The van der Waals surface area contributed by atoms with Crippen molar-refractivity contribution in [1.82, 2.24) is 15.1 Å². The topological polar surface area (TPSA) is 72.9 Å². The molecule has 0 fully saturated rings. The van der Waals surface area contributed by atoms with Crippen LogP contribution in [0.3, 0.4) is 0 Å². The zero-order valence-electron chi connectivity index (χ0n) is 12.5. The number of carbonyl (C=O) groups excluding carboxylic acids is 1. The average molecular weight is 273 g/mol. The largest absolute Gasteiger partial charge is 0.480 e. The van der Waals surface area contributed by atoms with Crippen LogP contribution in [0.1, 0.15) is 33.6 Å². The van der Waals surface area contributed by atoms with Crippen molar-refractivity contribution in [2.75, 3.05) is 33.2 Å². The van der Waals surface area contributed by atoms with Crippen LogP contribution in [-0.4, -0.2) is 66.2 Å². The van der Waals surface area contributed by atoms with Crippen LogP contribution in [0.25, 0.3) is 0 Å². The second-order valence-corrected chi connectivity index (χ2v) is 4.54. The zero-order valence-corrected chi connectivity index (χ0v) is 12.5. The van der Waals surface area contributed by atoms with Crippen LogP contribution in [0, 0.1) is 0 Å². The van der Waals surface area contributed by atoms with E-state index in [-0.39, 0.29) is 6.03 Å². The van der Waals surface area contributed by atoms with Crippen LogP contribution in [0.4, 0.5) is 4.79 Å². The molecule has 0 aliphatic heterocycles. The number of likely N-dealkylation sites (N-methyl/N-ethyl adjacent to an activating group) is 2. The van der Waals surface area contributed by atoms with Crippen LogP contribution in [0.15, 0.2) is 0 Å². The predicted octanol–water partition coefficient (Wildman–Crippen LogP) is 1.22. The molecular weight excluding hydrogens is 246 g/mol. The van der Waals surface area contributed by atoms with Crippen molar-refractivity contribution in [2.45, 2.75) is 39.7 Å². The Morgan fingerprint density at radius 1 is 1.21 bits per heavy atom. The molecule has 0 aromatic carbocycles. The number of carboxylic acids is 1. The fraction of sp³-hybridized carbons (Fsp3) is 0.846. The lowest BCUT2D eigenvalue weighted by atomic mass is 10.2. The number of nitrogens with one attached hydrogen (secondary N) is 1. The smallest absolute Gasteiger partial charge is 0.326 e. The first kappa shape index (κ1) is 17.7. The monoisotopic (exact) mass is 273 g/mol. The predicted molar refractivity (Wildman–Crippen MR) is 75.3 cm³/mol. The highest BCUT2D eigenvalue weighted by Gasteiger charge is 2.24. The van der Waals surface area contributed by atoms with E-state index in [1.165, 1.54) is 11.9 Å². The maximum atomic E-state index is 11.8. The summed E-state index contributed by atoms with van der Waals surface area (Å²) in [5.74, 6) is -0.971. The maximum absolute atomic E-state index is 11.8. The molecule has 19 heavy (non-hydrogen) atoms. The Balaban J connectivity index is 4.12. The van der Waals surface area contributed by atoms with E-state index >= 15 is 0 Å². The van der Waals surface area contributed by atoms with Gasteiger partial charge in [0.1, 0.15) is 6.04 Å². The molecule has 6 heteroatoms. The van der Waals surface area contributed by atoms with Crippen molar-refractivity contribution in [1.29, 1.82) is 0 Å². The summed E-state index contributed by atoms with van der Waals surface area (Å²) in [5.41, 5.74) is 0. The number of amides is 2. The highest BCUT2D eigenvalue weighted by atomic mass is 16.4. The van der Waals surface area contributed by atoms with E-state index in [1.807, 2.05) is 0 Å². The standard InChI is InChI=1S/C13H27N3O3/c1-5-9-16(7-3)10-8-14-13(19)15(4)11(6-2)12(17)18/h11H,5-10H2,1-4H3,(H,14,19)(H,17,18). The van der Waals surface area contributed by atoms with Gasteiger partial charge in [-0.2, -0.15) is 0 Å². The van der Waals surface area contributed by atoms with Gasteiger partial charge in [0.15, 0.2) is 0 Å². The quantitative estimate of drug-likeness (QED) is 0.662. The number of carbonyl (C=O) groups is 2. The summed E-state index contributed by atoms with van der Waals surface area (Å²) in [6, 6.07) is -1.10. The number of rotatable bonds is 9. The number of aliphatic carboxylic acids is 1. The number of hydrogen-bond donors (Lipinski definition) is 2. The zero-order chi connectivity index (χ0) is 14.8. The molecular formula is C13H27N3O3. The summed E-state index contributed by atoms with van der Waals surface area (Å²) < 4.78 is 0. The Kier molecular flexibility index (Phi) is 8.95. The fourth-order valence-corrected chi connectivity index (χ4v) is 1.95. The SMILES string of the molecule is CCCN(CC)CCNC(=O)N(C)C(CC)C(=O)O. The Bertz CT molecular complexity index is 284. The van der Waals surface area contributed by atoms with E-state index in [1.54, 1.807) is 6.92 Å². The molecule has 0 spiro atoms. The van der Waals surface area contributed by atoms with Crippen LogP contribution in [0.5, 0.6) is 0 Å². The molecule has 0 rings (SSSR count). The first-order chi connectivity index (χ1) is 8.97. The lowest BCUT2D eigenvalue weighted by Crippen LogP contribution is -2.48. The molecule has 1 unspecified atom stereocenters. The van der Waals surface area contributed by atoms with Gasteiger partial charge in [0.05, 0.1) is 0 Å². The fourth-order valence-electron chi connectivity index (χ4n) is 1.95. The van der Waals surface area contributed by atoms with Gasteiger partial charge in [-0.1, -0.05) is 20.8 Å². The number of nitrogens with zero attached hydrogens (tertiary/aromatic N) is 2. The summed E-state index contributed by atoms with van der Waals surface area (Å²) in [6.07, 6.45) is 1.48. The molecule has 0 saturated heterocycles. The van der Waals surface area contributed by atoms with Crippen LogP contribution in [-0.2, 0) is 4.79 Å². The van der Waals surface area contributed by atoms with E-state index in [9.17, 15) is 9.59 Å². The molecule has 2 N–H and O–H groups in total. The first-order valence-corrected chi connectivity index (χ1v) is 6.93. The normalized spacial score (nSPS) is 12.3. The Hall–Kier alpha value is -1.30. The van der Waals surface area contributed by atoms with Crippen molar-refractivity contribution in [2.24, 2.45) is 0 Å². The third-order valence-electron chi connectivity index (χ3n) is 3.15. The van der Waals surface area contributed by atoms with Gasteiger partial charge in [-0.15, -0.1) is 0 Å². The molecule has 6 nitrogen and oxygen atoms in total. The Morgan fingerprint density at radius 3 is 2.26 bits per heavy atom. The molecule has 1 atom stereocenters. The van der Waals surface area contributed by atoms with Gasteiger partial charge in [-0.05, 0) is 25.9 Å². The van der Waals surface area contributed by atoms with Crippen LogP contribution >= 0.6 is 0 Å². The number of hydrogen-bond acceptors (Lipinski definition) is 3. The third-order valence-corrected chi connectivity index (χ3v) is 3.15. The van der Waals surface area contributed by atoms with E-state index < -0.39 is 12.0 Å². The van der Waals surface area contributed by atoms with E-state index in [0.717, 1.165) is 26.1 Å². The third kappa shape index (κ3) is 6.42. The lowest BCUT2D eigenvalue weighted by molar-refractivity contribution is -0.141. The Morgan fingerprint density at radius 2 is 1.84 bits per heavy atom.